The number of fused-ring (bicyclic) bond motifs is 3. The van der Waals surface area contributed by atoms with Gasteiger partial charge in [-0.1, -0.05) is 88.4 Å². The maximum atomic E-state index is 15.8. The van der Waals surface area contributed by atoms with Crippen molar-refractivity contribution in [3.05, 3.63) is 88.6 Å². The topological polar surface area (TPSA) is 217 Å². The fourth-order valence-corrected chi connectivity index (χ4v) is 15.8. The van der Waals surface area contributed by atoms with Crippen LogP contribution in [0.5, 0.6) is 0 Å². The Kier molecular flexibility index (Phi) is 9.43. The average molecular weight is 844 g/mol. The summed E-state index contributed by atoms with van der Waals surface area (Å²) in [5.41, 5.74) is 4.67. The van der Waals surface area contributed by atoms with Gasteiger partial charge in [0.25, 0.3) is 0 Å². The molecule has 0 aliphatic heterocycles. The lowest BCUT2D eigenvalue weighted by molar-refractivity contribution is -0.169. The van der Waals surface area contributed by atoms with Crippen LogP contribution in [-0.4, -0.2) is 78.0 Å². The van der Waals surface area contributed by atoms with E-state index in [1.807, 2.05) is 62.4 Å². The van der Waals surface area contributed by atoms with Gasteiger partial charge in [0.2, 0.25) is 0 Å². The van der Waals surface area contributed by atoms with E-state index in [4.69, 9.17) is 16.5 Å². The van der Waals surface area contributed by atoms with Crippen molar-refractivity contribution in [2.24, 2.45) is 67.2 Å². The van der Waals surface area contributed by atoms with Gasteiger partial charge < -0.3 is 37.0 Å². The third-order valence-electron chi connectivity index (χ3n) is 18.1. The molecule has 1 aromatic carbocycles. The van der Waals surface area contributed by atoms with Gasteiger partial charge in [0, 0.05) is 76.7 Å². The van der Waals surface area contributed by atoms with Crippen LogP contribution in [0, 0.1) is 62.6 Å². The number of hydrogen-bond acceptors (Lipinski definition) is 8. The Morgan fingerprint density at radius 3 is 2.39 bits per heavy atom. The number of hydrogen-bond donors (Lipinski definition) is 7. The van der Waals surface area contributed by atoms with Crippen LogP contribution in [0.1, 0.15) is 104 Å². The lowest BCUT2D eigenvalue weighted by Gasteiger charge is -2.70. The summed E-state index contributed by atoms with van der Waals surface area (Å²) in [6.07, 6.45) is 11.1. The molecule has 11 heteroatoms. The second kappa shape index (κ2) is 13.7. The Hall–Kier alpha value is -4.60. The van der Waals surface area contributed by atoms with Crippen LogP contribution in [-0.2, 0) is 14.4 Å². The number of benzene rings is 1. The van der Waals surface area contributed by atoms with Crippen molar-refractivity contribution < 1.29 is 39.9 Å². The molecule has 3 saturated carbocycles. The number of carboxylic acids is 1. The number of nitrogens with zero attached hydrogens (tertiary/aromatic N) is 1. The van der Waals surface area contributed by atoms with Crippen LogP contribution < -0.4 is 11.5 Å². The highest BCUT2D eigenvalue weighted by Crippen LogP contribution is 2.84. The first kappa shape index (κ1) is 42.7. The molecule has 8 aliphatic rings. The van der Waals surface area contributed by atoms with Crippen molar-refractivity contribution in [1.29, 1.82) is 0 Å². The molecule has 0 amide bonds. The third kappa shape index (κ3) is 5.21. The smallest absolute Gasteiger partial charge is 0.331 e. The Bertz CT molecular complexity index is 2420. The second-order valence-corrected chi connectivity index (χ2v) is 20.9. The first-order valence-electron chi connectivity index (χ1n) is 22.4. The number of carbonyl (C=O) groups excluding carboxylic acids is 2. The van der Waals surface area contributed by atoms with E-state index in [9.17, 15) is 35.1 Å². The van der Waals surface area contributed by atoms with E-state index in [1.54, 1.807) is 12.2 Å². The van der Waals surface area contributed by atoms with Gasteiger partial charge >= 0.3 is 5.97 Å². The predicted octanol–water partition coefficient (Wildman–Crippen LogP) is 5.33. The molecule has 14 atom stereocenters. The number of Topliss-reactive ketones (excluding diaryl/α,β-unsaturated/α-hetero) is 2. The fourth-order valence-electron chi connectivity index (χ4n) is 15.8. The predicted molar refractivity (Wildman–Crippen MR) is 234 cm³/mol. The van der Waals surface area contributed by atoms with Crippen molar-refractivity contribution in [2.75, 3.05) is 0 Å². The van der Waals surface area contributed by atoms with Crippen molar-refractivity contribution in [3.63, 3.8) is 0 Å². The molecule has 0 aromatic heterocycles. The van der Waals surface area contributed by atoms with E-state index < -0.39 is 85.7 Å². The zero-order chi connectivity index (χ0) is 44.6. The highest BCUT2D eigenvalue weighted by molar-refractivity contribution is 6.02. The molecule has 14 unspecified atom stereocenters. The molecule has 62 heavy (non-hydrogen) atoms. The number of nitrogens with two attached hydrogens (primary N) is 2. The number of guanidine groups is 1. The number of aliphatic hydroxyl groups excluding tert-OH is 2. The van der Waals surface area contributed by atoms with Crippen molar-refractivity contribution >= 4 is 29.6 Å². The number of aliphatic hydroxyl groups is 4. The number of rotatable bonds is 6. The van der Waals surface area contributed by atoms with Gasteiger partial charge in [-0.25, -0.2) is 9.79 Å². The molecular weight excluding hydrogens is 783 g/mol. The molecule has 328 valence electrons. The standard InChI is InChI=1S/C51H61N3O8/c1-29(55)26-33(42(59)60)32-16-21-48(54-43(52)53)23-22-47(30(2)37(48)39(32)58)28-49(61)24-25-50(62)34(15-14-31-12-8-6-9-13-31)40-44(3)18-10-7-11-19-51(49)41(50)38(35(56)27-46(47,51)5)45(40,4)20-17-36(44)57/h6,8-9,12-15,22-25,29-30,34,37,39-40,55,58,61-62H,11,16-21,26-28H2,1-5H3,(H,59,60)(H4,52,53,54). The summed E-state index contributed by atoms with van der Waals surface area (Å²) in [4.78, 5) is 47.7. The lowest BCUT2D eigenvalue weighted by atomic mass is 9.34. The molecule has 0 saturated heterocycles. The van der Waals surface area contributed by atoms with Crippen molar-refractivity contribution in [1.82, 2.24) is 0 Å². The number of ketones is 2. The van der Waals surface area contributed by atoms with E-state index >= 15 is 4.79 Å². The first-order chi connectivity index (χ1) is 29.1. The molecule has 1 aromatic rings. The molecule has 0 heterocycles. The van der Waals surface area contributed by atoms with E-state index in [-0.39, 0.29) is 68.0 Å². The van der Waals surface area contributed by atoms with Gasteiger partial charge in [-0.15, -0.1) is 11.8 Å². The van der Waals surface area contributed by atoms with E-state index in [0.717, 1.165) is 5.56 Å². The Balaban J connectivity index is 1.33. The number of aliphatic carboxylic acids is 1. The zero-order valence-electron chi connectivity index (χ0n) is 36.4. The van der Waals surface area contributed by atoms with E-state index in [1.165, 1.54) is 6.92 Å². The summed E-state index contributed by atoms with van der Waals surface area (Å²) in [5, 5.41) is 61.3. The van der Waals surface area contributed by atoms with E-state index in [2.05, 4.69) is 31.8 Å². The maximum Gasteiger partial charge on any atom is 0.331 e. The molecule has 3 fully saturated rings. The minimum atomic E-state index is -1.79. The van der Waals surface area contributed by atoms with Gasteiger partial charge in [0.15, 0.2) is 11.7 Å². The largest absolute Gasteiger partial charge is 0.478 e. The van der Waals surface area contributed by atoms with Crippen LogP contribution in [0.3, 0.4) is 0 Å². The summed E-state index contributed by atoms with van der Waals surface area (Å²) in [7, 11) is 0. The van der Waals surface area contributed by atoms with Crippen LogP contribution in [0.4, 0.5) is 0 Å². The number of aliphatic imine (C=N–C) groups is 1. The van der Waals surface area contributed by atoms with E-state index in [0.29, 0.717) is 36.0 Å². The number of carbonyl (C=O) groups is 3. The summed E-state index contributed by atoms with van der Waals surface area (Å²) in [6.45, 7) is 9.63. The second-order valence-electron chi connectivity index (χ2n) is 20.9. The lowest BCUT2D eigenvalue weighted by Crippen LogP contribution is -2.71. The fraction of sp³-hybridized carbons (Fsp3) is 0.569. The molecule has 0 radical (unpaired) electrons. The normalized spacial score (nSPS) is 46.2. The Morgan fingerprint density at radius 2 is 1.71 bits per heavy atom. The van der Waals surface area contributed by atoms with Crippen molar-refractivity contribution in [3.8, 4) is 11.8 Å². The Morgan fingerprint density at radius 1 is 0.984 bits per heavy atom. The minimum Gasteiger partial charge on any atom is -0.478 e. The zero-order valence-corrected chi connectivity index (χ0v) is 36.4. The van der Waals surface area contributed by atoms with Gasteiger partial charge in [0.05, 0.1) is 23.3 Å². The van der Waals surface area contributed by atoms with Crippen LogP contribution in [0.15, 0.2) is 88.0 Å². The Labute approximate surface area is 363 Å². The number of carboxylic acid groups (broad SMARTS) is 1. The highest BCUT2D eigenvalue weighted by atomic mass is 16.4. The molecule has 9 N–H and O–H groups in total. The van der Waals surface area contributed by atoms with Crippen LogP contribution in [0.25, 0.3) is 6.08 Å². The summed E-state index contributed by atoms with van der Waals surface area (Å²) in [6, 6.07) is 9.81. The molecule has 2 spiro atoms. The summed E-state index contributed by atoms with van der Waals surface area (Å²) in [5.74, 6) is 2.77. The highest BCUT2D eigenvalue weighted by Gasteiger charge is 2.84. The first-order valence-corrected chi connectivity index (χ1v) is 22.4. The van der Waals surface area contributed by atoms with Gasteiger partial charge in [0.1, 0.15) is 11.4 Å². The quantitative estimate of drug-likeness (QED) is 0.0642. The minimum absolute atomic E-state index is 0.0148. The van der Waals surface area contributed by atoms with Crippen LogP contribution >= 0.6 is 0 Å². The SMILES string of the molecule is CC(O)CC(C(=O)O)=C1CCC2(N=C(N)N)C=CC3(CC4(O)C=CC5(O)C6=C7C(=O)CC3(C)C64CCC#CCC3(C)C(=O)CCC7(C)C3C5C=Cc3ccccc3)C(C)C2C1O. The van der Waals surface area contributed by atoms with Crippen molar-refractivity contribution in [2.45, 2.75) is 128 Å². The van der Waals surface area contributed by atoms with Gasteiger partial charge in [-0.2, -0.15) is 0 Å². The third-order valence-corrected chi connectivity index (χ3v) is 18.1. The average Bonchev–Trinajstić information content (AvgIpc) is 3.35. The summed E-state index contributed by atoms with van der Waals surface area (Å²) >= 11 is 0. The van der Waals surface area contributed by atoms with Crippen LogP contribution in [0.2, 0.25) is 0 Å². The molecule has 11 nitrogen and oxygen atoms in total. The molecular formula is C51H61N3O8. The molecule has 9 rings (SSSR count). The monoisotopic (exact) mass is 843 g/mol. The molecule has 8 aliphatic carbocycles. The van der Waals surface area contributed by atoms with Gasteiger partial charge in [-0.3, -0.25) is 9.59 Å². The number of allylic oxidation sites excluding steroid dienone is 2. The maximum absolute atomic E-state index is 15.8. The van der Waals surface area contributed by atoms with Gasteiger partial charge in [-0.05, 0) is 79.1 Å². The summed E-state index contributed by atoms with van der Waals surface area (Å²) < 4.78 is 0. The molecule has 4 bridgehead atoms.